The molecule has 75 heavy (non-hydrogen) atoms. The fraction of sp³-hybridized carbons (Fsp3) is 0.696. The minimum Gasteiger partial charge on any atom is -0.462 e. The van der Waals surface area contributed by atoms with E-state index in [1.54, 1.807) is 0 Å². The van der Waals surface area contributed by atoms with Crippen molar-refractivity contribution in [2.75, 3.05) is 13.2 Å². The number of esters is 3. The van der Waals surface area contributed by atoms with Crippen LogP contribution in [-0.4, -0.2) is 37.2 Å². The quantitative estimate of drug-likeness (QED) is 0.0261. The summed E-state index contributed by atoms with van der Waals surface area (Å²) in [6, 6.07) is 0. The topological polar surface area (TPSA) is 78.9 Å². The lowest BCUT2D eigenvalue weighted by Gasteiger charge is -2.18. The smallest absolute Gasteiger partial charge is 0.306 e. The first-order chi connectivity index (χ1) is 37.0. The Kier molecular flexibility index (Phi) is 59.3. The molecule has 0 bridgehead atoms. The molecule has 0 aromatic rings. The Bertz CT molecular complexity index is 1520. The van der Waals surface area contributed by atoms with Crippen molar-refractivity contribution in [3.05, 3.63) is 109 Å². The summed E-state index contributed by atoms with van der Waals surface area (Å²) in [6.07, 6.45) is 85.1. The van der Waals surface area contributed by atoms with Gasteiger partial charge in [-0.05, 0) is 128 Å². The third-order valence-corrected chi connectivity index (χ3v) is 13.2. The van der Waals surface area contributed by atoms with Crippen LogP contribution in [0.4, 0.5) is 0 Å². The lowest BCUT2D eigenvalue weighted by atomic mass is 10.1. The van der Waals surface area contributed by atoms with E-state index in [-0.39, 0.29) is 31.1 Å². The van der Waals surface area contributed by atoms with Crippen molar-refractivity contribution in [1.29, 1.82) is 0 Å². The summed E-state index contributed by atoms with van der Waals surface area (Å²) in [6.45, 7) is 6.48. The molecule has 0 aromatic carbocycles. The molecule has 0 aromatic heterocycles. The zero-order valence-electron chi connectivity index (χ0n) is 49.0. The van der Waals surface area contributed by atoms with Gasteiger partial charge in [0.2, 0.25) is 0 Å². The van der Waals surface area contributed by atoms with E-state index in [9.17, 15) is 14.4 Å². The van der Waals surface area contributed by atoms with Crippen LogP contribution in [0, 0.1) is 0 Å². The van der Waals surface area contributed by atoms with E-state index in [0.29, 0.717) is 19.3 Å². The van der Waals surface area contributed by atoms with Crippen LogP contribution >= 0.6 is 0 Å². The highest BCUT2D eigenvalue weighted by molar-refractivity contribution is 5.71. The molecule has 0 radical (unpaired) electrons. The van der Waals surface area contributed by atoms with Gasteiger partial charge in [-0.15, -0.1) is 0 Å². The maximum atomic E-state index is 12.9. The lowest BCUT2D eigenvalue weighted by molar-refractivity contribution is -0.167. The van der Waals surface area contributed by atoms with Crippen LogP contribution in [-0.2, 0) is 28.6 Å². The molecule has 6 nitrogen and oxygen atoms in total. The molecule has 0 saturated carbocycles. The molecule has 428 valence electrons. The summed E-state index contributed by atoms with van der Waals surface area (Å²) >= 11 is 0. The molecule has 0 heterocycles. The van der Waals surface area contributed by atoms with Gasteiger partial charge >= 0.3 is 17.9 Å². The second-order valence-electron chi connectivity index (χ2n) is 20.6. The van der Waals surface area contributed by atoms with Crippen molar-refractivity contribution < 1.29 is 28.6 Å². The molecule has 0 fully saturated rings. The molecule has 0 aliphatic carbocycles. The van der Waals surface area contributed by atoms with E-state index in [1.807, 2.05) is 0 Å². The van der Waals surface area contributed by atoms with Crippen LogP contribution < -0.4 is 0 Å². The lowest BCUT2D eigenvalue weighted by Crippen LogP contribution is -2.30. The number of hydrogen-bond donors (Lipinski definition) is 0. The maximum Gasteiger partial charge on any atom is 0.306 e. The molecule has 0 spiro atoms. The molecular formula is C69H116O6. The third-order valence-electron chi connectivity index (χ3n) is 13.2. The predicted octanol–water partition coefficient (Wildman–Crippen LogP) is 21.4. The highest BCUT2D eigenvalue weighted by atomic mass is 16.6. The fourth-order valence-corrected chi connectivity index (χ4v) is 8.53. The average molecular weight is 1040 g/mol. The number of carbonyl (C=O) groups excluding carboxylic acids is 3. The summed E-state index contributed by atoms with van der Waals surface area (Å²) < 4.78 is 16.9. The van der Waals surface area contributed by atoms with E-state index >= 15 is 0 Å². The molecule has 0 amide bonds. The summed E-state index contributed by atoms with van der Waals surface area (Å²) in [5.74, 6) is -0.949. The molecule has 1 unspecified atom stereocenters. The summed E-state index contributed by atoms with van der Waals surface area (Å²) in [7, 11) is 0. The molecule has 6 heteroatoms. The highest BCUT2D eigenvalue weighted by Crippen LogP contribution is 2.15. The van der Waals surface area contributed by atoms with Crippen molar-refractivity contribution >= 4 is 17.9 Å². The zero-order chi connectivity index (χ0) is 54.3. The van der Waals surface area contributed by atoms with Gasteiger partial charge in [0, 0.05) is 19.3 Å². The van der Waals surface area contributed by atoms with Crippen LogP contribution in [0.25, 0.3) is 0 Å². The molecule has 0 aliphatic rings. The van der Waals surface area contributed by atoms with Gasteiger partial charge in [-0.3, -0.25) is 14.4 Å². The number of unbranched alkanes of at least 4 members (excludes halogenated alkanes) is 27. The second-order valence-corrected chi connectivity index (χ2v) is 20.6. The number of carbonyl (C=O) groups is 3. The Balaban J connectivity index is 4.49. The Morgan fingerprint density at radius 2 is 0.520 bits per heavy atom. The average Bonchev–Trinajstić information content (AvgIpc) is 3.41. The number of rotatable bonds is 56. The van der Waals surface area contributed by atoms with Gasteiger partial charge in [-0.2, -0.15) is 0 Å². The predicted molar refractivity (Wildman–Crippen MR) is 325 cm³/mol. The van der Waals surface area contributed by atoms with Gasteiger partial charge in [0.25, 0.3) is 0 Å². The Morgan fingerprint density at radius 1 is 0.280 bits per heavy atom. The van der Waals surface area contributed by atoms with E-state index < -0.39 is 6.10 Å². The number of ether oxygens (including phenoxy) is 3. The van der Waals surface area contributed by atoms with Gasteiger partial charge < -0.3 is 14.2 Å². The Morgan fingerprint density at radius 3 is 0.867 bits per heavy atom. The zero-order valence-corrected chi connectivity index (χ0v) is 49.0. The normalized spacial score (nSPS) is 12.8. The van der Waals surface area contributed by atoms with Crippen LogP contribution in [0.3, 0.4) is 0 Å². The van der Waals surface area contributed by atoms with Crippen LogP contribution in [0.2, 0.25) is 0 Å². The minimum absolute atomic E-state index is 0.0982. The van der Waals surface area contributed by atoms with Crippen molar-refractivity contribution in [2.45, 2.75) is 297 Å². The Hall–Kier alpha value is -3.93. The minimum atomic E-state index is -0.805. The van der Waals surface area contributed by atoms with Gasteiger partial charge in [-0.1, -0.05) is 252 Å². The van der Waals surface area contributed by atoms with Crippen molar-refractivity contribution in [3.8, 4) is 0 Å². The Labute approximate surface area is 463 Å². The largest absolute Gasteiger partial charge is 0.462 e. The fourth-order valence-electron chi connectivity index (χ4n) is 8.53. The molecule has 0 rings (SSSR count). The number of hydrogen-bond acceptors (Lipinski definition) is 6. The monoisotopic (exact) mass is 1040 g/mol. The molecular weight excluding hydrogens is 925 g/mol. The molecule has 0 aliphatic heterocycles. The second kappa shape index (κ2) is 62.6. The molecule has 1 atom stereocenters. The van der Waals surface area contributed by atoms with Crippen LogP contribution in [0.15, 0.2) is 109 Å². The number of allylic oxidation sites excluding steroid dienone is 18. The first kappa shape index (κ1) is 71.1. The van der Waals surface area contributed by atoms with Gasteiger partial charge in [0.1, 0.15) is 13.2 Å². The standard InChI is InChI=1S/C69H116O6/c1-4-7-10-13-16-19-22-25-28-31-34-35-36-39-41-44-47-50-53-56-59-62-68(71)74-65-66(75-69(72)63-60-57-54-51-48-45-42-38-33-30-27-24-21-18-15-12-9-6-3)64-73-67(70)61-58-55-52-49-46-43-40-37-32-29-26-23-20-17-14-11-8-5-2/h7,10,16,19,21,24-25,28-30,32-35,39,41,47,50,66H,4-6,8-9,11-15,17-18,20,22-23,26-27,31,36-38,40,42-46,48-49,51-65H2,1-3H3/b10-7-,19-16-,24-21-,28-25-,32-29-,33-30-,35-34-,41-39-,50-47-. The highest BCUT2D eigenvalue weighted by Gasteiger charge is 2.19. The van der Waals surface area contributed by atoms with E-state index in [4.69, 9.17) is 14.2 Å². The maximum absolute atomic E-state index is 12.9. The first-order valence-electron chi connectivity index (χ1n) is 31.4. The summed E-state index contributed by atoms with van der Waals surface area (Å²) in [4.78, 5) is 38.3. The summed E-state index contributed by atoms with van der Waals surface area (Å²) in [5, 5.41) is 0. The van der Waals surface area contributed by atoms with Crippen LogP contribution in [0.5, 0.6) is 0 Å². The van der Waals surface area contributed by atoms with Crippen LogP contribution in [0.1, 0.15) is 290 Å². The van der Waals surface area contributed by atoms with E-state index in [0.717, 1.165) is 109 Å². The summed E-state index contributed by atoms with van der Waals surface area (Å²) in [5.41, 5.74) is 0. The van der Waals surface area contributed by atoms with Gasteiger partial charge in [-0.25, -0.2) is 0 Å². The van der Waals surface area contributed by atoms with Gasteiger partial charge in [0.05, 0.1) is 0 Å². The van der Waals surface area contributed by atoms with Gasteiger partial charge in [0.15, 0.2) is 6.10 Å². The van der Waals surface area contributed by atoms with Crippen molar-refractivity contribution in [1.82, 2.24) is 0 Å². The first-order valence-corrected chi connectivity index (χ1v) is 31.4. The van der Waals surface area contributed by atoms with Crippen molar-refractivity contribution in [3.63, 3.8) is 0 Å². The SMILES string of the molecule is CC/C=C\C/C=C\C/C=C\C/C=C\C/C=C\C/C=C\CCCCC(=O)OCC(COC(=O)CCCCCCCCC/C=C\CCCCCCCCC)OC(=O)CCCCCCCCC/C=C\C/C=C\CCCCCC. The molecule has 0 saturated heterocycles. The van der Waals surface area contributed by atoms with E-state index in [1.165, 1.54) is 141 Å². The van der Waals surface area contributed by atoms with Crippen molar-refractivity contribution in [2.24, 2.45) is 0 Å². The third kappa shape index (κ3) is 60.8. The van der Waals surface area contributed by atoms with E-state index in [2.05, 4.69) is 130 Å². The molecule has 0 N–H and O–H groups in total.